The molecule has 5 nitrogen and oxygen atoms in total. The summed E-state index contributed by atoms with van der Waals surface area (Å²) in [7, 11) is 0. The van der Waals surface area contributed by atoms with Crippen molar-refractivity contribution in [2.24, 2.45) is 5.92 Å². The van der Waals surface area contributed by atoms with Gasteiger partial charge in [0.05, 0.1) is 17.4 Å². The highest BCUT2D eigenvalue weighted by Crippen LogP contribution is 2.48. The molecule has 2 amide bonds. The van der Waals surface area contributed by atoms with Gasteiger partial charge in [-0.15, -0.1) is 0 Å². The molecule has 3 aromatic carbocycles. The second-order valence-corrected chi connectivity index (χ2v) is 8.83. The minimum atomic E-state index is -0.853. The van der Waals surface area contributed by atoms with Crippen molar-refractivity contribution in [2.75, 3.05) is 9.96 Å². The van der Waals surface area contributed by atoms with Gasteiger partial charge in [-0.25, -0.2) is 9.96 Å². The number of nitrogens with zero attached hydrogens (tertiary/aromatic N) is 2. The smallest absolute Gasteiger partial charge is 0.266 e. The molecular formula is C27H26N2O3. The molecule has 2 fully saturated rings. The number of rotatable bonds is 3. The minimum absolute atomic E-state index is 0.209. The number of aryl methyl sites for hydroxylation is 4. The van der Waals surface area contributed by atoms with E-state index in [4.69, 9.17) is 4.84 Å². The van der Waals surface area contributed by atoms with E-state index in [1.165, 1.54) is 4.90 Å². The summed E-state index contributed by atoms with van der Waals surface area (Å²) in [6, 6.07) is 21.4. The zero-order valence-electron chi connectivity index (χ0n) is 18.7. The summed E-state index contributed by atoms with van der Waals surface area (Å²) >= 11 is 0. The van der Waals surface area contributed by atoms with Crippen molar-refractivity contribution in [3.05, 3.63) is 94.5 Å². The normalized spacial score (nSPS) is 22.6. The molecular weight excluding hydrogens is 400 g/mol. The number of hydrogen-bond acceptors (Lipinski definition) is 4. The molecule has 2 saturated heterocycles. The number of para-hydroxylation sites is 1. The first-order chi connectivity index (χ1) is 15.4. The highest BCUT2D eigenvalue weighted by atomic mass is 16.7. The Labute approximate surface area is 188 Å². The van der Waals surface area contributed by atoms with E-state index in [1.54, 1.807) is 5.06 Å². The molecule has 2 aliphatic heterocycles. The van der Waals surface area contributed by atoms with Crippen LogP contribution in [0.5, 0.6) is 0 Å². The summed E-state index contributed by atoms with van der Waals surface area (Å²) in [6.45, 7) is 7.93. The van der Waals surface area contributed by atoms with Gasteiger partial charge in [0.1, 0.15) is 5.92 Å². The number of carbonyl (C=O) groups excluding carboxylic acids is 2. The van der Waals surface area contributed by atoms with Crippen LogP contribution in [-0.4, -0.2) is 17.9 Å². The Kier molecular flexibility index (Phi) is 4.86. The molecule has 0 saturated carbocycles. The van der Waals surface area contributed by atoms with E-state index in [9.17, 15) is 9.59 Å². The van der Waals surface area contributed by atoms with Gasteiger partial charge in [-0.1, -0.05) is 65.7 Å². The van der Waals surface area contributed by atoms with Crippen LogP contribution in [0.3, 0.4) is 0 Å². The molecule has 0 bridgehead atoms. The Bertz CT molecular complexity index is 1180. The average molecular weight is 427 g/mol. The molecule has 5 rings (SSSR count). The van der Waals surface area contributed by atoms with Crippen LogP contribution in [0.2, 0.25) is 0 Å². The number of benzene rings is 3. The second kappa shape index (κ2) is 7.61. The number of carbonyl (C=O) groups is 2. The maximum absolute atomic E-state index is 13.8. The van der Waals surface area contributed by atoms with Crippen LogP contribution < -0.4 is 9.96 Å². The number of anilines is 2. The summed E-state index contributed by atoms with van der Waals surface area (Å²) in [6.07, 6.45) is -0.853. The van der Waals surface area contributed by atoms with Crippen molar-refractivity contribution in [3.8, 4) is 0 Å². The van der Waals surface area contributed by atoms with Crippen LogP contribution in [0.15, 0.2) is 66.7 Å². The standard InChI is InChI=1S/C27H26N2O3/c1-16-10-12-20(13-11-16)24-22-25(32-29(24)21-8-6-5-7-9-21)27(31)28(26(22)30)23-18(3)14-17(2)15-19(23)4/h5-15,22,24-25H,1-4H3. The Balaban J connectivity index is 1.61. The SMILES string of the molecule is Cc1ccc(C2C3C(=O)N(c4c(C)cc(C)cc4C)C(=O)C3ON2c2ccccc2)cc1. The van der Waals surface area contributed by atoms with Crippen LogP contribution in [0.4, 0.5) is 11.4 Å². The maximum atomic E-state index is 13.8. The summed E-state index contributed by atoms with van der Waals surface area (Å²) < 4.78 is 0. The molecule has 3 unspecified atom stereocenters. The molecule has 0 radical (unpaired) electrons. The van der Waals surface area contributed by atoms with Crippen molar-refractivity contribution in [1.29, 1.82) is 0 Å². The van der Waals surface area contributed by atoms with Gasteiger partial charge in [0.2, 0.25) is 5.91 Å². The molecule has 162 valence electrons. The van der Waals surface area contributed by atoms with E-state index in [0.717, 1.165) is 33.5 Å². The number of amides is 2. The van der Waals surface area contributed by atoms with Crippen molar-refractivity contribution < 1.29 is 14.4 Å². The van der Waals surface area contributed by atoms with Gasteiger partial charge in [0, 0.05) is 0 Å². The van der Waals surface area contributed by atoms with Crippen LogP contribution >= 0.6 is 0 Å². The van der Waals surface area contributed by atoms with Gasteiger partial charge in [0.25, 0.3) is 5.91 Å². The molecule has 0 aromatic heterocycles. The van der Waals surface area contributed by atoms with Crippen molar-refractivity contribution in [1.82, 2.24) is 0 Å². The highest BCUT2D eigenvalue weighted by molar-refractivity contribution is 6.24. The van der Waals surface area contributed by atoms with Crippen molar-refractivity contribution in [3.63, 3.8) is 0 Å². The summed E-state index contributed by atoms with van der Waals surface area (Å²) in [5.74, 6) is -1.13. The Morgan fingerprint density at radius 1 is 0.750 bits per heavy atom. The molecule has 3 aromatic rings. The molecule has 2 aliphatic rings. The molecule has 0 aliphatic carbocycles. The van der Waals surface area contributed by atoms with Crippen molar-refractivity contribution in [2.45, 2.75) is 39.8 Å². The first-order valence-electron chi connectivity index (χ1n) is 10.9. The molecule has 5 heteroatoms. The Hall–Kier alpha value is -3.44. The van der Waals surface area contributed by atoms with Gasteiger partial charge in [0.15, 0.2) is 6.10 Å². The third kappa shape index (κ3) is 3.12. The molecule has 0 N–H and O–H groups in total. The van der Waals surface area contributed by atoms with E-state index in [1.807, 2.05) is 94.4 Å². The van der Waals surface area contributed by atoms with E-state index in [0.29, 0.717) is 5.69 Å². The number of fused-ring (bicyclic) bond motifs is 1. The third-order valence-corrected chi connectivity index (χ3v) is 6.40. The summed E-state index contributed by atoms with van der Waals surface area (Å²) in [5.41, 5.74) is 6.52. The number of imide groups is 1. The maximum Gasteiger partial charge on any atom is 0.266 e. The first kappa shape index (κ1) is 20.5. The predicted octanol–water partition coefficient (Wildman–Crippen LogP) is 4.97. The topological polar surface area (TPSA) is 49.9 Å². The van der Waals surface area contributed by atoms with E-state index in [2.05, 4.69) is 0 Å². The quantitative estimate of drug-likeness (QED) is 0.555. The Morgan fingerprint density at radius 3 is 2.00 bits per heavy atom. The number of hydrogen-bond donors (Lipinski definition) is 0. The molecule has 0 spiro atoms. The van der Waals surface area contributed by atoms with Crippen molar-refractivity contribution >= 4 is 23.2 Å². The lowest BCUT2D eigenvalue weighted by molar-refractivity contribution is -0.126. The first-order valence-corrected chi connectivity index (χ1v) is 10.9. The Morgan fingerprint density at radius 2 is 1.38 bits per heavy atom. The van der Waals surface area contributed by atoms with Crippen LogP contribution in [0, 0.1) is 33.6 Å². The van der Waals surface area contributed by atoms with Gasteiger partial charge in [-0.2, -0.15) is 0 Å². The monoisotopic (exact) mass is 426 g/mol. The molecule has 3 atom stereocenters. The lowest BCUT2D eigenvalue weighted by Crippen LogP contribution is -2.38. The highest BCUT2D eigenvalue weighted by Gasteiger charge is 2.60. The average Bonchev–Trinajstić information content (AvgIpc) is 3.26. The fourth-order valence-electron chi connectivity index (χ4n) is 5.06. The largest absolute Gasteiger partial charge is 0.273 e. The fourth-order valence-corrected chi connectivity index (χ4v) is 5.06. The molecule has 32 heavy (non-hydrogen) atoms. The molecule has 2 heterocycles. The van der Waals surface area contributed by atoms with Gasteiger partial charge in [-0.05, 0) is 56.5 Å². The van der Waals surface area contributed by atoms with Gasteiger partial charge < -0.3 is 0 Å². The van der Waals surface area contributed by atoms with Gasteiger partial charge in [-0.3, -0.25) is 14.4 Å². The predicted molar refractivity (Wildman–Crippen MR) is 124 cm³/mol. The van der Waals surface area contributed by atoms with E-state index >= 15 is 0 Å². The second-order valence-electron chi connectivity index (χ2n) is 8.83. The summed E-state index contributed by atoms with van der Waals surface area (Å²) in [5, 5.41) is 1.74. The lowest BCUT2D eigenvalue weighted by Gasteiger charge is -2.29. The summed E-state index contributed by atoms with van der Waals surface area (Å²) in [4.78, 5) is 34.9. The van der Waals surface area contributed by atoms with Crippen LogP contribution in [-0.2, 0) is 14.4 Å². The zero-order chi connectivity index (χ0) is 22.6. The fraction of sp³-hybridized carbons (Fsp3) is 0.259. The number of hydroxylamine groups is 1. The minimum Gasteiger partial charge on any atom is -0.273 e. The van der Waals surface area contributed by atoms with E-state index in [-0.39, 0.29) is 11.8 Å². The van der Waals surface area contributed by atoms with Crippen LogP contribution in [0.1, 0.15) is 33.9 Å². The van der Waals surface area contributed by atoms with E-state index < -0.39 is 18.1 Å². The zero-order valence-corrected chi connectivity index (χ0v) is 18.7. The third-order valence-electron chi connectivity index (χ3n) is 6.40. The van der Waals surface area contributed by atoms with Crippen LogP contribution in [0.25, 0.3) is 0 Å². The lowest BCUT2D eigenvalue weighted by atomic mass is 9.90. The van der Waals surface area contributed by atoms with Gasteiger partial charge >= 0.3 is 0 Å².